The number of carbonyl (C=O) groups is 6. The van der Waals surface area contributed by atoms with E-state index in [0.717, 1.165) is 5.56 Å². The molecule has 0 saturated carbocycles. The van der Waals surface area contributed by atoms with Crippen LogP contribution in [0.15, 0.2) is 30.3 Å². The number of carbonyl (C=O) groups excluding carboxylic acids is 5. The largest absolute Gasteiger partial charge is 0.480 e. The summed E-state index contributed by atoms with van der Waals surface area (Å²) in [6.45, 7) is 9.07. The number of esters is 2. The van der Waals surface area contributed by atoms with Crippen LogP contribution in [-0.4, -0.2) is 84.2 Å². The van der Waals surface area contributed by atoms with Gasteiger partial charge in [-0.3, -0.25) is 14.4 Å². The third-order valence-electron chi connectivity index (χ3n) is 7.46. The van der Waals surface area contributed by atoms with Crippen LogP contribution in [0.25, 0.3) is 0 Å². The number of urea groups is 1. The summed E-state index contributed by atoms with van der Waals surface area (Å²) in [5.41, 5.74) is 12.3. The van der Waals surface area contributed by atoms with Crippen molar-refractivity contribution in [2.45, 2.75) is 110 Å². The van der Waals surface area contributed by atoms with Crippen molar-refractivity contribution in [1.82, 2.24) is 21.3 Å². The topological polar surface area (TPSA) is 241 Å². The van der Waals surface area contributed by atoms with Crippen LogP contribution in [-0.2, 0) is 40.1 Å². The summed E-state index contributed by atoms with van der Waals surface area (Å²) in [5, 5.41) is 19.8. The van der Waals surface area contributed by atoms with E-state index in [2.05, 4.69) is 21.3 Å². The number of nitrogens with one attached hydrogen (secondary N) is 4. The Morgan fingerprint density at radius 3 is 1.88 bits per heavy atom. The molecule has 0 aliphatic carbocycles. The van der Waals surface area contributed by atoms with E-state index in [1.807, 2.05) is 18.2 Å². The predicted octanol–water partition coefficient (Wildman–Crippen LogP) is 1.32. The van der Waals surface area contributed by atoms with Gasteiger partial charge < -0.3 is 47.3 Å². The van der Waals surface area contributed by atoms with E-state index < -0.39 is 71.9 Å². The van der Waals surface area contributed by atoms with Crippen molar-refractivity contribution in [1.29, 1.82) is 0 Å². The molecule has 1 aromatic rings. The zero-order chi connectivity index (χ0) is 36.2. The molecule has 15 heteroatoms. The Kier molecular flexibility index (Phi) is 19.5. The Morgan fingerprint density at radius 1 is 0.729 bits per heavy atom. The molecule has 1 rings (SSSR count). The summed E-state index contributed by atoms with van der Waals surface area (Å²) < 4.78 is 10.4. The number of rotatable bonds is 22. The molecule has 0 saturated heterocycles. The third-order valence-corrected chi connectivity index (χ3v) is 7.46. The Morgan fingerprint density at radius 2 is 1.31 bits per heavy atom. The maximum Gasteiger partial charge on any atom is 0.328 e. The van der Waals surface area contributed by atoms with Gasteiger partial charge in [-0.05, 0) is 69.4 Å². The summed E-state index contributed by atoms with van der Waals surface area (Å²) in [7, 11) is 0. The second-order valence-electron chi connectivity index (χ2n) is 12.2. The number of aliphatic carboxylic acids is 1. The van der Waals surface area contributed by atoms with Crippen molar-refractivity contribution >= 4 is 35.8 Å². The Balaban J connectivity index is 3.05. The molecule has 48 heavy (non-hydrogen) atoms. The lowest BCUT2D eigenvalue weighted by Gasteiger charge is -2.28. The number of hydrogen-bond donors (Lipinski definition) is 7. The van der Waals surface area contributed by atoms with Crippen LogP contribution in [0.1, 0.15) is 78.7 Å². The van der Waals surface area contributed by atoms with Crippen LogP contribution in [0.3, 0.4) is 0 Å². The van der Waals surface area contributed by atoms with Gasteiger partial charge in [0.25, 0.3) is 0 Å². The van der Waals surface area contributed by atoms with Gasteiger partial charge in [0.05, 0.1) is 6.61 Å². The number of ether oxygens (including phenoxy) is 2. The number of nitrogens with two attached hydrogens (primary N) is 2. The smallest absolute Gasteiger partial charge is 0.328 e. The van der Waals surface area contributed by atoms with Crippen LogP contribution in [0.5, 0.6) is 0 Å². The minimum atomic E-state index is -1.25. The Labute approximate surface area is 282 Å². The van der Waals surface area contributed by atoms with Gasteiger partial charge in [-0.25, -0.2) is 14.4 Å². The first-order valence-electron chi connectivity index (χ1n) is 16.4. The van der Waals surface area contributed by atoms with Gasteiger partial charge in [0.1, 0.15) is 36.8 Å². The molecule has 0 aliphatic heterocycles. The summed E-state index contributed by atoms with van der Waals surface area (Å²) in [4.78, 5) is 76.5. The number of unbranched alkanes of at least 4 members (excludes halogenated alkanes) is 1. The van der Waals surface area contributed by atoms with Crippen molar-refractivity contribution in [2.75, 3.05) is 13.2 Å². The minimum Gasteiger partial charge on any atom is -0.480 e. The monoisotopic (exact) mass is 678 g/mol. The van der Waals surface area contributed by atoms with Gasteiger partial charge in [-0.15, -0.1) is 0 Å². The average Bonchev–Trinajstić information content (AvgIpc) is 3.03. The van der Waals surface area contributed by atoms with Gasteiger partial charge >= 0.3 is 23.9 Å². The van der Waals surface area contributed by atoms with E-state index in [1.165, 1.54) is 0 Å². The second kappa shape index (κ2) is 22.4. The van der Waals surface area contributed by atoms with Crippen LogP contribution < -0.4 is 32.7 Å². The van der Waals surface area contributed by atoms with Crippen molar-refractivity contribution in [3.63, 3.8) is 0 Å². The standard InChI is InChI=1S/C33H54N6O9/c1-6-47-32(45)27(21(4)5)39-29(41)26(20(2)3)38-28(40)24(36-33(46)37-25(30(42)43)16-10-11-18-34)17-12-15-23(35)31(44)48-19-22-13-8-7-9-14-22/h7-9,13-14,20-21,23-27H,6,10-12,15-19,34-35H2,1-5H3,(H,38,40)(H,39,41)(H,42,43)(H2,36,37,46)/t23?,24-,25+,26+,27+/m1/s1. The van der Waals surface area contributed by atoms with Crippen LogP contribution in [0.4, 0.5) is 4.79 Å². The Hall–Kier alpha value is -4.24. The van der Waals surface area contributed by atoms with Crippen LogP contribution in [0.2, 0.25) is 0 Å². The molecule has 0 aliphatic rings. The van der Waals surface area contributed by atoms with Crippen molar-refractivity contribution < 1.29 is 43.3 Å². The SMILES string of the molecule is CCOC(=O)[C@@H](NC(=O)[C@@H](NC(=O)[C@@H](CCCC(N)C(=O)OCc1ccccc1)NC(=O)N[C@@H](CCCCN)C(=O)O)C(C)C)C(C)C. The van der Waals surface area contributed by atoms with Crippen molar-refractivity contribution in [2.24, 2.45) is 23.3 Å². The fourth-order valence-corrected chi connectivity index (χ4v) is 4.63. The molecule has 0 bridgehead atoms. The fourth-order valence-electron chi connectivity index (χ4n) is 4.63. The number of amides is 4. The van der Waals surface area contributed by atoms with E-state index in [9.17, 15) is 33.9 Å². The maximum absolute atomic E-state index is 13.6. The molecule has 1 unspecified atom stereocenters. The highest BCUT2D eigenvalue weighted by atomic mass is 16.5. The molecule has 0 aromatic heterocycles. The molecule has 15 nitrogen and oxygen atoms in total. The molecular weight excluding hydrogens is 624 g/mol. The normalized spacial score (nSPS) is 14.2. The lowest BCUT2D eigenvalue weighted by atomic mass is 9.99. The van der Waals surface area contributed by atoms with E-state index in [1.54, 1.807) is 46.8 Å². The van der Waals surface area contributed by atoms with E-state index in [-0.39, 0.29) is 44.8 Å². The zero-order valence-corrected chi connectivity index (χ0v) is 28.7. The van der Waals surface area contributed by atoms with Gasteiger partial charge in [0, 0.05) is 0 Å². The van der Waals surface area contributed by atoms with E-state index in [0.29, 0.717) is 19.4 Å². The molecule has 1 aromatic carbocycles. The average molecular weight is 679 g/mol. The van der Waals surface area contributed by atoms with E-state index in [4.69, 9.17) is 20.9 Å². The van der Waals surface area contributed by atoms with Gasteiger partial charge in [0.15, 0.2) is 0 Å². The predicted molar refractivity (Wildman–Crippen MR) is 178 cm³/mol. The van der Waals surface area contributed by atoms with Crippen molar-refractivity contribution in [3.8, 4) is 0 Å². The lowest BCUT2D eigenvalue weighted by Crippen LogP contribution is -2.59. The fraction of sp³-hybridized carbons (Fsp3) is 0.636. The highest BCUT2D eigenvalue weighted by Crippen LogP contribution is 2.11. The Bertz CT molecular complexity index is 1180. The highest BCUT2D eigenvalue weighted by molar-refractivity contribution is 5.94. The number of carboxylic acids is 1. The number of carboxylic acid groups (broad SMARTS) is 1. The molecule has 9 N–H and O–H groups in total. The third kappa shape index (κ3) is 15.6. The maximum atomic E-state index is 13.6. The quantitative estimate of drug-likeness (QED) is 0.0681. The van der Waals surface area contributed by atoms with Gasteiger partial charge in [-0.2, -0.15) is 0 Å². The molecule has 5 atom stereocenters. The van der Waals surface area contributed by atoms with Gasteiger partial charge in [-0.1, -0.05) is 58.0 Å². The molecule has 0 radical (unpaired) electrons. The first-order valence-corrected chi connectivity index (χ1v) is 16.4. The van der Waals surface area contributed by atoms with Crippen molar-refractivity contribution in [3.05, 3.63) is 35.9 Å². The zero-order valence-electron chi connectivity index (χ0n) is 28.7. The second-order valence-corrected chi connectivity index (χ2v) is 12.2. The summed E-state index contributed by atoms with van der Waals surface area (Å²) >= 11 is 0. The highest BCUT2D eigenvalue weighted by Gasteiger charge is 2.33. The first-order chi connectivity index (χ1) is 22.7. The molecule has 0 heterocycles. The van der Waals surface area contributed by atoms with Crippen LogP contribution >= 0.6 is 0 Å². The molecule has 0 spiro atoms. The number of hydrogen-bond acceptors (Lipinski definition) is 10. The summed E-state index contributed by atoms with van der Waals surface area (Å²) in [5.74, 6) is -4.57. The van der Waals surface area contributed by atoms with E-state index >= 15 is 0 Å². The van der Waals surface area contributed by atoms with Crippen LogP contribution in [0, 0.1) is 11.8 Å². The summed E-state index contributed by atoms with van der Waals surface area (Å²) in [6, 6.07) is 2.64. The summed E-state index contributed by atoms with van der Waals surface area (Å²) in [6.07, 6.45) is 1.46. The molecule has 0 fully saturated rings. The van der Waals surface area contributed by atoms with Gasteiger partial charge in [0.2, 0.25) is 11.8 Å². The molecular formula is C33H54N6O9. The first kappa shape index (κ1) is 41.8. The molecule has 270 valence electrons. The molecule has 4 amide bonds. The lowest BCUT2D eigenvalue weighted by molar-refractivity contribution is -0.149. The number of benzene rings is 1. The minimum absolute atomic E-state index is 0.00624.